The van der Waals surface area contributed by atoms with Crippen molar-refractivity contribution in [3.05, 3.63) is 11.8 Å². The van der Waals surface area contributed by atoms with Crippen LogP contribution in [0.15, 0.2) is 6.07 Å². The van der Waals surface area contributed by atoms with Crippen LogP contribution in [0.4, 0.5) is 5.82 Å². The summed E-state index contributed by atoms with van der Waals surface area (Å²) in [5, 5.41) is 12.9. The van der Waals surface area contributed by atoms with Gasteiger partial charge in [0.1, 0.15) is 5.82 Å². The number of hydrogen-bond acceptors (Lipinski definition) is 3. The predicted molar refractivity (Wildman–Crippen MR) is 47.7 cm³/mol. The van der Waals surface area contributed by atoms with Crippen molar-refractivity contribution in [2.24, 2.45) is 0 Å². The zero-order valence-corrected chi connectivity index (χ0v) is 7.32. The van der Waals surface area contributed by atoms with E-state index in [1.54, 1.807) is 4.68 Å². The molecule has 3 N–H and O–H groups in total. The molecule has 0 amide bonds. The first-order valence-corrected chi connectivity index (χ1v) is 4.21. The van der Waals surface area contributed by atoms with E-state index in [0.29, 0.717) is 12.4 Å². The summed E-state index contributed by atoms with van der Waals surface area (Å²) in [6.45, 7) is 2.66. The molecule has 1 heterocycles. The highest BCUT2D eigenvalue weighted by atomic mass is 16.3. The molecule has 0 spiro atoms. The normalized spacial score (nSPS) is 10.5. The first-order chi connectivity index (χ1) is 5.77. The standard InChI is InChI=1S/C8H15N3O/c1-2-3-7-6-8(9)11(10-7)4-5-12/h6,12H,2-5,9H2,1H3. The van der Waals surface area contributed by atoms with Crippen molar-refractivity contribution in [2.75, 3.05) is 12.3 Å². The number of nitrogens with two attached hydrogens (primary N) is 1. The predicted octanol–water partition coefficient (Wildman–Crippen LogP) is 0.410. The van der Waals surface area contributed by atoms with Crippen LogP contribution in [-0.2, 0) is 13.0 Å². The second-order valence-electron chi connectivity index (χ2n) is 2.76. The maximum Gasteiger partial charge on any atom is 0.122 e. The summed E-state index contributed by atoms with van der Waals surface area (Å²) in [5.41, 5.74) is 6.65. The number of nitrogens with zero attached hydrogens (tertiary/aromatic N) is 2. The van der Waals surface area contributed by atoms with Crippen LogP contribution in [0.2, 0.25) is 0 Å². The van der Waals surface area contributed by atoms with Gasteiger partial charge in [-0.05, 0) is 6.42 Å². The lowest BCUT2D eigenvalue weighted by Gasteiger charge is -1.98. The Morgan fingerprint density at radius 3 is 3.00 bits per heavy atom. The number of nitrogen functional groups attached to an aromatic ring is 1. The Balaban J connectivity index is 2.70. The summed E-state index contributed by atoms with van der Waals surface area (Å²) in [6.07, 6.45) is 2.01. The average Bonchev–Trinajstić information content (AvgIpc) is 2.34. The van der Waals surface area contributed by atoms with Gasteiger partial charge in [0, 0.05) is 6.07 Å². The number of aliphatic hydroxyl groups excluding tert-OH is 1. The van der Waals surface area contributed by atoms with Crippen LogP contribution in [0.25, 0.3) is 0 Å². The van der Waals surface area contributed by atoms with Gasteiger partial charge in [0.25, 0.3) is 0 Å². The second kappa shape index (κ2) is 4.11. The molecular formula is C8H15N3O. The lowest BCUT2D eigenvalue weighted by Crippen LogP contribution is -2.07. The van der Waals surface area contributed by atoms with Crippen LogP contribution < -0.4 is 5.73 Å². The Kier molecular flexibility index (Phi) is 3.10. The summed E-state index contributed by atoms with van der Waals surface area (Å²) in [6, 6.07) is 1.86. The number of rotatable bonds is 4. The van der Waals surface area contributed by atoms with Crippen molar-refractivity contribution in [2.45, 2.75) is 26.3 Å². The molecule has 0 aromatic carbocycles. The van der Waals surface area contributed by atoms with E-state index >= 15 is 0 Å². The Morgan fingerprint density at radius 1 is 1.67 bits per heavy atom. The third kappa shape index (κ3) is 1.98. The van der Waals surface area contributed by atoms with Crippen molar-refractivity contribution >= 4 is 5.82 Å². The first kappa shape index (κ1) is 9.06. The van der Waals surface area contributed by atoms with Gasteiger partial charge in [0.05, 0.1) is 18.8 Å². The van der Waals surface area contributed by atoms with Crippen LogP contribution >= 0.6 is 0 Å². The van der Waals surface area contributed by atoms with E-state index in [1.165, 1.54) is 0 Å². The van der Waals surface area contributed by atoms with Crippen LogP contribution in [0, 0.1) is 0 Å². The lowest BCUT2D eigenvalue weighted by molar-refractivity contribution is 0.270. The minimum Gasteiger partial charge on any atom is -0.394 e. The van der Waals surface area contributed by atoms with Gasteiger partial charge in [0.15, 0.2) is 0 Å². The van der Waals surface area contributed by atoms with Gasteiger partial charge in [0.2, 0.25) is 0 Å². The maximum atomic E-state index is 8.67. The highest BCUT2D eigenvalue weighted by Crippen LogP contribution is 2.07. The second-order valence-corrected chi connectivity index (χ2v) is 2.76. The van der Waals surface area contributed by atoms with E-state index in [0.717, 1.165) is 18.5 Å². The first-order valence-electron chi connectivity index (χ1n) is 4.21. The zero-order valence-electron chi connectivity index (χ0n) is 7.32. The monoisotopic (exact) mass is 169 g/mol. The molecule has 4 nitrogen and oxygen atoms in total. The molecular weight excluding hydrogens is 154 g/mol. The molecule has 1 aromatic heterocycles. The number of aryl methyl sites for hydroxylation is 1. The van der Waals surface area contributed by atoms with Crippen LogP contribution in [0.3, 0.4) is 0 Å². The minimum atomic E-state index is 0.0808. The molecule has 0 unspecified atom stereocenters. The van der Waals surface area contributed by atoms with Gasteiger partial charge in [-0.25, -0.2) is 4.68 Å². The molecule has 0 aliphatic heterocycles. The van der Waals surface area contributed by atoms with E-state index in [4.69, 9.17) is 10.8 Å². The van der Waals surface area contributed by atoms with E-state index < -0.39 is 0 Å². The molecule has 1 aromatic rings. The van der Waals surface area contributed by atoms with Gasteiger partial charge in [-0.3, -0.25) is 0 Å². The van der Waals surface area contributed by atoms with E-state index in [1.807, 2.05) is 6.07 Å². The number of anilines is 1. The Bertz CT molecular complexity index is 244. The average molecular weight is 169 g/mol. The van der Waals surface area contributed by atoms with Crippen LogP contribution in [-0.4, -0.2) is 21.5 Å². The summed E-state index contributed by atoms with van der Waals surface area (Å²) in [4.78, 5) is 0. The largest absolute Gasteiger partial charge is 0.394 e. The fraction of sp³-hybridized carbons (Fsp3) is 0.625. The highest BCUT2D eigenvalue weighted by Gasteiger charge is 2.02. The van der Waals surface area contributed by atoms with Crippen molar-refractivity contribution in [3.63, 3.8) is 0 Å². The van der Waals surface area contributed by atoms with E-state index in [9.17, 15) is 0 Å². The Morgan fingerprint density at radius 2 is 2.42 bits per heavy atom. The SMILES string of the molecule is CCCc1cc(N)n(CCO)n1. The van der Waals surface area contributed by atoms with E-state index in [-0.39, 0.29) is 6.61 Å². The fourth-order valence-electron chi connectivity index (χ4n) is 1.14. The Labute approximate surface area is 72.0 Å². The zero-order chi connectivity index (χ0) is 8.97. The molecule has 0 aliphatic carbocycles. The fourth-order valence-corrected chi connectivity index (χ4v) is 1.14. The molecule has 0 radical (unpaired) electrons. The van der Waals surface area contributed by atoms with E-state index in [2.05, 4.69) is 12.0 Å². The van der Waals surface area contributed by atoms with Crippen LogP contribution in [0.5, 0.6) is 0 Å². The topological polar surface area (TPSA) is 64.1 Å². The minimum absolute atomic E-state index is 0.0808. The summed E-state index contributed by atoms with van der Waals surface area (Å²) >= 11 is 0. The molecule has 0 fully saturated rings. The van der Waals surface area contributed by atoms with Gasteiger partial charge in [-0.15, -0.1) is 0 Å². The van der Waals surface area contributed by atoms with Gasteiger partial charge < -0.3 is 10.8 Å². The molecule has 0 bridgehead atoms. The van der Waals surface area contributed by atoms with Crippen molar-refractivity contribution in [1.29, 1.82) is 0 Å². The van der Waals surface area contributed by atoms with Crippen molar-refractivity contribution in [3.8, 4) is 0 Å². The molecule has 0 atom stereocenters. The Hall–Kier alpha value is -1.03. The third-order valence-electron chi connectivity index (χ3n) is 1.68. The molecule has 0 saturated carbocycles. The summed E-state index contributed by atoms with van der Waals surface area (Å²) in [5.74, 6) is 0.632. The van der Waals surface area contributed by atoms with Gasteiger partial charge in [-0.1, -0.05) is 13.3 Å². The molecule has 12 heavy (non-hydrogen) atoms. The maximum absolute atomic E-state index is 8.67. The molecule has 4 heteroatoms. The highest BCUT2D eigenvalue weighted by molar-refractivity contribution is 5.30. The van der Waals surface area contributed by atoms with Crippen LogP contribution in [0.1, 0.15) is 19.0 Å². The molecule has 68 valence electrons. The van der Waals surface area contributed by atoms with Crippen molar-refractivity contribution < 1.29 is 5.11 Å². The summed E-state index contributed by atoms with van der Waals surface area (Å²) in [7, 11) is 0. The number of hydrogen-bond donors (Lipinski definition) is 2. The third-order valence-corrected chi connectivity index (χ3v) is 1.68. The smallest absolute Gasteiger partial charge is 0.122 e. The van der Waals surface area contributed by atoms with Crippen molar-refractivity contribution in [1.82, 2.24) is 9.78 Å². The number of aromatic nitrogens is 2. The quantitative estimate of drug-likeness (QED) is 0.686. The van der Waals surface area contributed by atoms with Gasteiger partial charge >= 0.3 is 0 Å². The molecule has 0 aliphatic rings. The molecule has 1 rings (SSSR count). The summed E-state index contributed by atoms with van der Waals surface area (Å²) < 4.78 is 1.63. The lowest BCUT2D eigenvalue weighted by atomic mass is 10.2. The number of aliphatic hydroxyl groups is 1. The van der Waals surface area contributed by atoms with Gasteiger partial charge in [-0.2, -0.15) is 5.10 Å². The molecule has 0 saturated heterocycles.